The Kier molecular flexibility index (Phi) is 6.59. The topological polar surface area (TPSA) is 115 Å². The van der Waals surface area contributed by atoms with E-state index >= 15 is 0 Å². The molecule has 158 valence electrons. The molecule has 8 nitrogen and oxygen atoms in total. The van der Waals surface area contributed by atoms with E-state index in [1.165, 1.54) is 6.42 Å². The third kappa shape index (κ3) is 5.16. The second-order valence-corrected chi connectivity index (χ2v) is 9.53. The fraction of sp³-hybridized carbons (Fsp3) is 0.500. The van der Waals surface area contributed by atoms with Gasteiger partial charge >= 0.3 is 5.69 Å². The molecule has 1 aromatic heterocycles. The fourth-order valence-electron chi connectivity index (χ4n) is 3.76. The normalized spacial score (nSPS) is 16.2. The van der Waals surface area contributed by atoms with Crippen molar-refractivity contribution >= 4 is 15.7 Å². The molecule has 29 heavy (non-hydrogen) atoms. The van der Waals surface area contributed by atoms with Crippen molar-refractivity contribution in [1.82, 2.24) is 14.7 Å². The van der Waals surface area contributed by atoms with E-state index in [4.69, 9.17) is 0 Å². The fourth-order valence-corrected chi connectivity index (χ4v) is 5.00. The molecule has 0 spiro atoms. The SMILES string of the molecule is CC(C)C[C@H](NS(=O)(=O)c1c[nH]c(=O)[nH]c1=O)c1ccccc1N1CCCCC1. The van der Waals surface area contributed by atoms with Crippen LogP contribution >= 0.6 is 0 Å². The number of rotatable bonds is 7. The number of hydrogen-bond donors (Lipinski definition) is 3. The van der Waals surface area contributed by atoms with Crippen LogP contribution in [0.4, 0.5) is 5.69 Å². The molecule has 1 saturated heterocycles. The average Bonchev–Trinajstić information content (AvgIpc) is 2.67. The highest BCUT2D eigenvalue weighted by Gasteiger charge is 2.27. The molecule has 2 aromatic rings. The zero-order valence-corrected chi connectivity index (χ0v) is 17.6. The van der Waals surface area contributed by atoms with Crippen molar-refractivity contribution in [2.75, 3.05) is 18.0 Å². The van der Waals surface area contributed by atoms with Gasteiger partial charge in [-0.1, -0.05) is 32.0 Å². The first-order valence-corrected chi connectivity index (χ1v) is 11.4. The summed E-state index contributed by atoms with van der Waals surface area (Å²) in [5, 5.41) is 0. The van der Waals surface area contributed by atoms with Crippen molar-refractivity contribution in [3.05, 3.63) is 56.9 Å². The lowest BCUT2D eigenvalue weighted by Crippen LogP contribution is -2.37. The number of aromatic nitrogens is 2. The van der Waals surface area contributed by atoms with Gasteiger partial charge in [-0.3, -0.25) is 9.78 Å². The summed E-state index contributed by atoms with van der Waals surface area (Å²) >= 11 is 0. The lowest BCUT2D eigenvalue weighted by molar-refractivity contribution is 0.470. The van der Waals surface area contributed by atoms with Gasteiger partial charge in [-0.25, -0.2) is 17.9 Å². The predicted molar refractivity (Wildman–Crippen MR) is 113 cm³/mol. The molecule has 1 aliphatic rings. The van der Waals surface area contributed by atoms with E-state index in [0.717, 1.165) is 43.4 Å². The number of aromatic amines is 2. The Bertz CT molecular complexity index is 1050. The highest BCUT2D eigenvalue weighted by Crippen LogP contribution is 2.32. The maximum Gasteiger partial charge on any atom is 0.325 e. The molecule has 0 aliphatic carbocycles. The molecule has 0 bridgehead atoms. The molecule has 2 heterocycles. The van der Waals surface area contributed by atoms with Gasteiger partial charge < -0.3 is 9.88 Å². The van der Waals surface area contributed by atoms with E-state index in [9.17, 15) is 18.0 Å². The van der Waals surface area contributed by atoms with Crippen LogP contribution in [-0.2, 0) is 10.0 Å². The molecule has 3 N–H and O–H groups in total. The summed E-state index contributed by atoms with van der Waals surface area (Å²) in [6, 6.07) is 7.33. The maximum atomic E-state index is 13.0. The van der Waals surface area contributed by atoms with Crippen LogP contribution in [0.25, 0.3) is 0 Å². The number of anilines is 1. The van der Waals surface area contributed by atoms with E-state index in [0.29, 0.717) is 6.42 Å². The number of benzene rings is 1. The summed E-state index contributed by atoms with van der Waals surface area (Å²) < 4.78 is 28.6. The van der Waals surface area contributed by atoms with Crippen LogP contribution in [0.2, 0.25) is 0 Å². The van der Waals surface area contributed by atoms with Gasteiger partial charge in [0.25, 0.3) is 5.56 Å². The first-order chi connectivity index (χ1) is 13.8. The molecule has 9 heteroatoms. The average molecular weight is 421 g/mol. The number of hydrogen-bond acceptors (Lipinski definition) is 5. The molecule has 1 fully saturated rings. The minimum atomic E-state index is -4.13. The van der Waals surface area contributed by atoms with E-state index in [2.05, 4.69) is 14.6 Å². The van der Waals surface area contributed by atoms with Crippen molar-refractivity contribution in [2.24, 2.45) is 5.92 Å². The summed E-state index contributed by atoms with van der Waals surface area (Å²) in [6.45, 7) is 5.94. The van der Waals surface area contributed by atoms with E-state index in [1.54, 1.807) is 0 Å². The molecule has 0 saturated carbocycles. The Morgan fingerprint density at radius 3 is 2.45 bits per heavy atom. The van der Waals surface area contributed by atoms with Crippen LogP contribution in [-0.4, -0.2) is 31.5 Å². The van der Waals surface area contributed by atoms with Crippen molar-refractivity contribution in [1.29, 1.82) is 0 Å². The number of para-hydroxylation sites is 1. The summed E-state index contributed by atoms with van der Waals surface area (Å²) in [6.07, 6.45) is 4.94. The van der Waals surface area contributed by atoms with Gasteiger partial charge in [0.15, 0.2) is 4.90 Å². The van der Waals surface area contributed by atoms with Crippen LogP contribution < -0.4 is 20.9 Å². The van der Waals surface area contributed by atoms with Gasteiger partial charge in [-0.15, -0.1) is 0 Å². The Balaban J connectivity index is 1.99. The van der Waals surface area contributed by atoms with Crippen molar-refractivity contribution in [3.63, 3.8) is 0 Å². The quantitative estimate of drug-likeness (QED) is 0.635. The minimum Gasteiger partial charge on any atom is -0.371 e. The van der Waals surface area contributed by atoms with Crippen LogP contribution in [0.3, 0.4) is 0 Å². The van der Waals surface area contributed by atoms with Crippen LogP contribution in [0.1, 0.15) is 51.1 Å². The molecule has 0 radical (unpaired) electrons. The van der Waals surface area contributed by atoms with Crippen LogP contribution in [0.15, 0.2) is 44.9 Å². The summed E-state index contributed by atoms with van der Waals surface area (Å²) in [4.78, 5) is 29.3. The predicted octanol–water partition coefficient (Wildman–Crippen LogP) is 2.12. The van der Waals surface area contributed by atoms with Gasteiger partial charge in [0.1, 0.15) is 0 Å². The Morgan fingerprint density at radius 1 is 1.10 bits per heavy atom. The smallest absolute Gasteiger partial charge is 0.325 e. The number of piperidine rings is 1. The van der Waals surface area contributed by atoms with Gasteiger partial charge in [-0.05, 0) is 43.2 Å². The molecule has 0 unspecified atom stereocenters. The standard InChI is InChI=1S/C20H28N4O4S/c1-14(2)12-16(23-29(27,28)18-13-21-20(26)22-19(18)25)15-8-4-5-9-17(15)24-10-6-3-7-11-24/h4-5,8-9,13-14,16,23H,3,6-7,10-12H2,1-2H3,(H2,21,22,25,26)/t16-/m0/s1. The largest absolute Gasteiger partial charge is 0.371 e. The van der Waals surface area contributed by atoms with E-state index < -0.39 is 32.2 Å². The number of nitrogens with one attached hydrogen (secondary N) is 3. The van der Waals surface area contributed by atoms with E-state index in [1.807, 2.05) is 43.1 Å². The van der Waals surface area contributed by atoms with E-state index in [-0.39, 0.29) is 5.92 Å². The van der Waals surface area contributed by atoms with Gasteiger partial charge in [0, 0.05) is 31.0 Å². The van der Waals surface area contributed by atoms with Crippen molar-refractivity contribution in [2.45, 2.75) is 50.5 Å². The number of nitrogens with zero attached hydrogens (tertiary/aromatic N) is 1. The zero-order valence-electron chi connectivity index (χ0n) is 16.8. The minimum absolute atomic E-state index is 0.228. The highest BCUT2D eigenvalue weighted by atomic mass is 32.2. The zero-order chi connectivity index (χ0) is 21.0. The lowest BCUT2D eigenvalue weighted by atomic mass is 9.95. The number of sulfonamides is 1. The molecular formula is C20H28N4O4S. The van der Waals surface area contributed by atoms with Crippen molar-refractivity contribution in [3.8, 4) is 0 Å². The summed E-state index contributed by atoms with van der Waals surface area (Å²) in [5.41, 5.74) is 0.237. The first-order valence-electron chi connectivity index (χ1n) is 9.96. The van der Waals surface area contributed by atoms with Crippen LogP contribution in [0.5, 0.6) is 0 Å². The molecule has 0 amide bonds. The molecule has 3 rings (SSSR count). The third-order valence-corrected chi connectivity index (χ3v) is 6.57. The third-order valence-electron chi connectivity index (χ3n) is 5.09. The van der Waals surface area contributed by atoms with Crippen LogP contribution in [0, 0.1) is 5.92 Å². The molecule has 1 aliphatic heterocycles. The monoisotopic (exact) mass is 420 g/mol. The second kappa shape index (κ2) is 8.96. The second-order valence-electron chi connectivity index (χ2n) is 7.85. The Labute approximate surface area is 170 Å². The van der Waals surface area contributed by atoms with Gasteiger partial charge in [-0.2, -0.15) is 0 Å². The molecule has 1 atom stereocenters. The lowest BCUT2D eigenvalue weighted by Gasteiger charge is -2.33. The first kappa shape index (κ1) is 21.3. The van der Waals surface area contributed by atoms with Gasteiger partial charge in [0.05, 0.1) is 0 Å². The van der Waals surface area contributed by atoms with Gasteiger partial charge in [0.2, 0.25) is 10.0 Å². The highest BCUT2D eigenvalue weighted by molar-refractivity contribution is 7.89. The number of H-pyrrole nitrogens is 2. The molecular weight excluding hydrogens is 392 g/mol. The van der Waals surface area contributed by atoms with Crippen molar-refractivity contribution < 1.29 is 8.42 Å². The molecule has 1 aromatic carbocycles. The Hall–Kier alpha value is -2.39. The summed E-state index contributed by atoms with van der Waals surface area (Å²) in [5.74, 6) is 0.228. The Morgan fingerprint density at radius 2 is 1.79 bits per heavy atom. The summed E-state index contributed by atoms with van der Waals surface area (Å²) in [7, 11) is -4.13. The maximum absolute atomic E-state index is 13.0.